The van der Waals surface area contributed by atoms with Gasteiger partial charge in [-0.2, -0.15) is 0 Å². The fourth-order valence-electron chi connectivity index (χ4n) is 1.63. The van der Waals surface area contributed by atoms with E-state index in [-0.39, 0.29) is 6.61 Å². The third-order valence-electron chi connectivity index (χ3n) is 2.64. The summed E-state index contributed by atoms with van der Waals surface area (Å²) in [4.78, 5) is 4.06. The molecule has 1 aromatic rings. The van der Waals surface area contributed by atoms with Crippen molar-refractivity contribution in [2.75, 3.05) is 7.11 Å². The van der Waals surface area contributed by atoms with E-state index >= 15 is 0 Å². The minimum Gasteiger partial charge on any atom is -0.390 e. The summed E-state index contributed by atoms with van der Waals surface area (Å²) in [6, 6.07) is 0.512. The van der Waals surface area contributed by atoms with E-state index < -0.39 is 0 Å². The van der Waals surface area contributed by atoms with Gasteiger partial charge in [0, 0.05) is 19.3 Å². The molecule has 1 aliphatic carbocycles. The van der Waals surface area contributed by atoms with Crippen molar-refractivity contribution >= 4 is 0 Å². The number of nitrogens with zero attached hydrogens (tertiary/aromatic N) is 2. The third kappa shape index (κ3) is 1.59. The van der Waals surface area contributed by atoms with Gasteiger partial charge < -0.3 is 14.4 Å². The van der Waals surface area contributed by atoms with Crippen LogP contribution in [0.2, 0.25) is 0 Å². The van der Waals surface area contributed by atoms with Gasteiger partial charge in [-0.1, -0.05) is 0 Å². The van der Waals surface area contributed by atoms with Crippen LogP contribution in [0.15, 0.2) is 12.5 Å². The Labute approximate surface area is 77.2 Å². The molecule has 1 N–H and O–H groups in total. The maximum atomic E-state index is 8.82. The number of aromatic nitrogens is 2. The van der Waals surface area contributed by atoms with E-state index in [9.17, 15) is 0 Å². The number of hydrogen-bond donors (Lipinski definition) is 1. The number of imidazole rings is 1. The van der Waals surface area contributed by atoms with E-state index in [0.29, 0.717) is 12.1 Å². The fraction of sp³-hybridized carbons (Fsp3) is 0.667. The molecule has 1 aliphatic rings. The van der Waals surface area contributed by atoms with Crippen molar-refractivity contribution in [1.82, 2.24) is 9.55 Å². The highest BCUT2D eigenvalue weighted by Crippen LogP contribution is 2.33. The molecule has 1 heterocycles. The summed E-state index contributed by atoms with van der Waals surface area (Å²) in [6.07, 6.45) is 6.19. The molecule has 4 heteroatoms. The Kier molecular flexibility index (Phi) is 2.33. The van der Waals surface area contributed by atoms with Gasteiger partial charge in [-0.15, -0.1) is 0 Å². The fourth-order valence-corrected chi connectivity index (χ4v) is 1.63. The summed E-state index contributed by atoms with van der Waals surface area (Å²) in [5.41, 5.74) is 0.737. The molecule has 0 atom stereocenters. The number of ether oxygens (including phenoxy) is 1. The van der Waals surface area contributed by atoms with E-state index in [4.69, 9.17) is 9.84 Å². The molecule has 0 saturated heterocycles. The van der Waals surface area contributed by atoms with E-state index in [1.807, 2.05) is 6.20 Å². The quantitative estimate of drug-likeness (QED) is 0.749. The molecule has 0 unspecified atom stereocenters. The molecule has 0 radical (unpaired) electrons. The first-order chi connectivity index (χ1) is 6.33. The van der Waals surface area contributed by atoms with E-state index in [1.54, 1.807) is 13.4 Å². The Bertz CT molecular complexity index is 279. The summed E-state index contributed by atoms with van der Waals surface area (Å²) in [6.45, 7) is 0.0213. The summed E-state index contributed by atoms with van der Waals surface area (Å²) < 4.78 is 7.24. The van der Waals surface area contributed by atoms with E-state index in [1.165, 1.54) is 0 Å². The first-order valence-electron chi connectivity index (χ1n) is 4.49. The lowest BCUT2D eigenvalue weighted by molar-refractivity contribution is 0.00612. The van der Waals surface area contributed by atoms with E-state index in [0.717, 1.165) is 18.5 Å². The summed E-state index contributed by atoms with van der Waals surface area (Å²) >= 11 is 0. The predicted octanol–water partition coefficient (Wildman–Crippen LogP) is 0.725. The Morgan fingerprint density at radius 2 is 2.46 bits per heavy atom. The lowest BCUT2D eigenvalue weighted by Crippen LogP contribution is -2.31. The molecule has 0 bridgehead atoms. The second-order valence-corrected chi connectivity index (χ2v) is 3.45. The Morgan fingerprint density at radius 1 is 1.69 bits per heavy atom. The van der Waals surface area contributed by atoms with Crippen LogP contribution >= 0.6 is 0 Å². The topological polar surface area (TPSA) is 47.3 Å². The molecule has 0 amide bonds. The highest BCUT2D eigenvalue weighted by atomic mass is 16.5. The van der Waals surface area contributed by atoms with Crippen molar-refractivity contribution in [1.29, 1.82) is 0 Å². The first kappa shape index (κ1) is 8.72. The number of hydrogen-bond acceptors (Lipinski definition) is 3. The first-order valence-corrected chi connectivity index (χ1v) is 4.49. The van der Waals surface area contributed by atoms with Gasteiger partial charge in [0.2, 0.25) is 0 Å². The van der Waals surface area contributed by atoms with Crippen molar-refractivity contribution < 1.29 is 9.84 Å². The average Bonchev–Trinajstić information content (AvgIpc) is 2.51. The molecule has 0 aromatic carbocycles. The molecule has 0 aliphatic heterocycles. The molecule has 72 valence electrons. The van der Waals surface area contributed by atoms with Crippen LogP contribution in [-0.2, 0) is 11.3 Å². The van der Waals surface area contributed by atoms with Gasteiger partial charge in [0.1, 0.15) is 0 Å². The predicted molar refractivity (Wildman–Crippen MR) is 47.2 cm³/mol. The van der Waals surface area contributed by atoms with E-state index in [2.05, 4.69) is 9.55 Å². The maximum Gasteiger partial charge on any atom is 0.0953 e. The normalized spacial score (nSPS) is 27.2. The number of methoxy groups -OCH3 is 1. The van der Waals surface area contributed by atoms with Crippen LogP contribution in [0.5, 0.6) is 0 Å². The smallest absolute Gasteiger partial charge is 0.0953 e. The number of aliphatic hydroxyl groups is 1. The van der Waals surface area contributed by atoms with Gasteiger partial charge >= 0.3 is 0 Å². The van der Waals surface area contributed by atoms with Crippen molar-refractivity contribution in [3.8, 4) is 0 Å². The summed E-state index contributed by atoms with van der Waals surface area (Å²) in [5, 5.41) is 8.82. The molecule has 1 fully saturated rings. The van der Waals surface area contributed by atoms with Crippen molar-refractivity contribution in [3.63, 3.8) is 0 Å². The Morgan fingerprint density at radius 3 is 3.00 bits per heavy atom. The summed E-state index contributed by atoms with van der Waals surface area (Å²) in [5.74, 6) is 0. The standard InChI is InChI=1S/C9H14N2O2/c1-13-9-2-8(3-9)11-4-7(5-12)10-6-11/h4,6,8-9,12H,2-3,5H2,1H3. The minimum absolute atomic E-state index is 0.0213. The average molecular weight is 182 g/mol. The van der Waals surface area contributed by atoms with Crippen molar-refractivity contribution in [2.24, 2.45) is 0 Å². The zero-order valence-corrected chi connectivity index (χ0v) is 7.68. The molecular weight excluding hydrogens is 168 g/mol. The van der Waals surface area contributed by atoms with Crippen molar-refractivity contribution in [2.45, 2.75) is 31.6 Å². The van der Waals surface area contributed by atoms with Crippen LogP contribution in [-0.4, -0.2) is 27.9 Å². The number of aliphatic hydroxyl groups excluding tert-OH is 1. The van der Waals surface area contributed by atoms with Crippen molar-refractivity contribution in [3.05, 3.63) is 18.2 Å². The highest BCUT2D eigenvalue weighted by Gasteiger charge is 2.30. The molecule has 0 spiro atoms. The zero-order valence-electron chi connectivity index (χ0n) is 7.68. The molecule has 2 rings (SSSR count). The van der Waals surface area contributed by atoms with Gasteiger partial charge in [0.15, 0.2) is 0 Å². The molecule has 1 saturated carbocycles. The third-order valence-corrected chi connectivity index (χ3v) is 2.64. The largest absolute Gasteiger partial charge is 0.390 e. The molecular formula is C9H14N2O2. The van der Waals surface area contributed by atoms with Crippen LogP contribution in [0.25, 0.3) is 0 Å². The Balaban J connectivity index is 1.95. The minimum atomic E-state index is 0.0213. The lowest BCUT2D eigenvalue weighted by atomic mass is 9.89. The molecule has 13 heavy (non-hydrogen) atoms. The lowest BCUT2D eigenvalue weighted by Gasteiger charge is -2.34. The van der Waals surface area contributed by atoms with Crippen LogP contribution < -0.4 is 0 Å². The van der Waals surface area contributed by atoms with Gasteiger partial charge in [-0.05, 0) is 12.8 Å². The van der Waals surface area contributed by atoms with Crippen LogP contribution in [0, 0.1) is 0 Å². The monoisotopic (exact) mass is 182 g/mol. The van der Waals surface area contributed by atoms with Gasteiger partial charge in [0.05, 0.1) is 24.7 Å². The SMILES string of the molecule is COC1CC(n2cnc(CO)c2)C1. The zero-order chi connectivity index (χ0) is 9.26. The van der Waals surface area contributed by atoms with Gasteiger partial charge in [0.25, 0.3) is 0 Å². The second kappa shape index (κ2) is 3.47. The number of rotatable bonds is 3. The highest BCUT2D eigenvalue weighted by molar-refractivity contribution is 4.99. The van der Waals surface area contributed by atoms with Crippen LogP contribution in [0.3, 0.4) is 0 Å². The summed E-state index contributed by atoms with van der Waals surface area (Å²) in [7, 11) is 1.74. The second-order valence-electron chi connectivity index (χ2n) is 3.45. The molecule has 4 nitrogen and oxygen atoms in total. The molecule has 1 aromatic heterocycles. The maximum absolute atomic E-state index is 8.82. The Hall–Kier alpha value is -0.870. The van der Waals surface area contributed by atoms with Gasteiger partial charge in [-0.25, -0.2) is 4.98 Å². The van der Waals surface area contributed by atoms with Gasteiger partial charge in [-0.3, -0.25) is 0 Å². The van der Waals surface area contributed by atoms with Crippen LogP contribution in [0.1, 0.15) is 24.6 Å². The van der Waals surface area contributed by atoms with Crippen LogP contribution in [0.4, 0.5) is 0 Å².